The number of aliphatic carboxylic acids is 1. The Kier molecular flexibility index (Phi) is 22.4. The average Bonchev–Trinajstić information content (AvgIpc) is 1.80. The highest BCUT2D eigenvalue weighted by Gasteiger charge is 2.46. The van der Waals surface area contributed by atoms with E-state index in [0.29, 0.717) is 103 Å². The van der Waals surface area contributed by atoms with Crippen molar-refractivity contribution < 1.29 is 91.2 Å². The van der Waals surface area contributed by atoms with Crippen LogP contribution < -0.4 is 9.80 Å². The highest BCUT2D eigenvalue weighted by Crippen LogP contribution is 2.45. The Bertz CT molecular complexity index is 3140. The van der Waals surface area contributed by atoms with E-state index in [9.17, 15) is 71.9 Å². The molecule has 0 radical (unpaired) electrons. The molecular formula is C62H73BrF12N8O8. The first-order chi connectivity index (χ1) is 42.7. The van der Waals surface area contributed by atoms with E-state index >= 15 is 0 Å². The van der Waals surface area contributed by atoms with Crippen LogP contribution in [0.15, 0.2) is 53.4 Å². The Morgan fingerprint density at radius 2 is 0.967 bits per heavy atom. The van der Waals surface area contributed by atoms with Crippen LogP contribution >= 0.6 is 15.9 Å². The van der Waals surface area contributed by atoms with Crippen LogP contribution in [0.3, 0.4) is 0 Å². The van der Waals surface area contributed by atoms with Crippen molar-refractivity contribution in [2.45, 2.75) is 186 Å². The number of carbonyl (C=O) groups is 4. The lowest BCUT2D eigenvalue weighted by Gasteiger charge is -2.34. The van der Waals surface area contributed by atoms with Gasteiger partial charge in [0, 0.05) is 44.9 Å². The van der Waals surface area contributed by atoms with Gasteiger partial charge in [0.15, 0.2) is 11.6 Å². The largest absolute Gasteiger partial charge is 0.481 e. The lowest BCUT2D eigenvalue weighted by Crippen LogP contribution is -2.36. The molecule has 5 aliphatic rings. The lowest BCUT2D eigenvalue weighted by molar-refractivity contribution is -0.145. The molecule has 4 aromatic rings. The number of anilines is 2. The Hall–Kier alpha value is -6.68. The quantitative estimate of drug-likeness (QED) is 0.0501. The van der Waals surface area contributed by atoms with Crippen LogP contribution in [0.5, 0.6) is 0 Å². The van der Waals surface area contributed by atoms with Gasteiger partial charge in [0.25, 0.3) is 0 Å². The first kappa shape index (κ1) is 70.2. The molecule has 0 spiro atoms. The molecule has 91 heavy (non-hydrogen) atoms. The number of esters is 1. The van der Waals surface area contributed by atoms with Crippen molar-refractivity contribution in [3.63, 3.8) is 0 Å². The molecule has 2 aromatic heterocycles. The zero-order valence-electron chi connectivity index (χ0n) is 50.8. The summed E-state index contributed by atoms with van der Waals surface area (Å²) in [5.41, 5.74) is -5.07. The van der Waals surface area contributed by atoms with E-state index < -0.39 is 101 Å². The molecule has 3 saturated carbocycles. The number of rotatable bonds is 20. The molecule has 16 nitrogen and oxygen atoms in total. The molecule has 2 saturated heterocycles. The molecule has 2 unspecified atom stereocenters. The summed E-state index contributed by atoms with van der Waals surface area (Å²) in [5, 5.41) is 9.15. The van der Waals surface area contributed by atoms with Crippen molar-refractivity contribution in [3.05, 3.63) is 104 Å². The van der Waals surface area contributed by atoms with E-state index in [1.807, 2.05) is 18.7 Å². The summed E-state index contributed by atoms with van der Waals surface area (Å²) in [4.78, 5) is 74.6. The number of aromatic nitrogens is 4. The molecule has 5 fully saturated rings. The Balaban J connectivity index is 0.000000235. The van der Waals surface area contributed by atoms with Crippen LogP contribution in [-0.2, 0) is 61.6 Å². The van der Waals surface area contributed by atoms with Crippen molar-refractivity contribution in [2.24, 2.45) is 23.7 Å². The van der Waals surface area contributed by atoms with E-state index in [1.165, 1.54) is 29.8 Å². The standard InChI is InChI=1S/C32H38F6N4O4.C30H35BrF6N4O4/c1-3-41(16-20-9-7-19(8-10-20)11-27(43)44)29-26(40-25(15-39-29)21-5-4-6-21)17-42-18(2)28(46-30(42)45)22-12-23(31(33,34)35)14-24(13-22)32(36,37)38;1-4-40(15-19-8-6-18(7-9-19)10-25(42)44-5-2)27-23(39-24(31)14-38-27)16-41-17(3)26(45-28(41)43)20-11-21(29(32,33)34)13-22(12-20)30(35,36)37/h12-15,18-21,28H,3-11,16-17H2,1-2H3,(H,43,44);11-14,17-19,26H,4-10,15-16H2,1-3H3/t18-,19?,20?,28?;17-,18?,19?,26?/m00/s1. The summed E-state index contributed by atoms with van der Waals surface area (Å²) in [6, 6.07) is 0.626. The highest BCUT2D eigenvalue weighted by molar-refractivity contribution is 9.10. The van der Waals surface area contributed by atoms with Crippen LogP contribution in [0.4, 0.5) is 73.9 Å². The average molecular weight is 1370 g/mol. The van der Waals surface area contributed by atoms with E-state index in [2.05, 4.69) is 30.8 Å². The van der Waals surface area contributed by atoms with Crippen LogP contribution in [0.2, 0.25) is 0 Å². The number of benzene rings is 2. The number of carboxylic acid groups (broad SMARTS) is 1. The van der Waals surface area contributed by atoms with E-state index in [1.54, 1.807) is 13.1 Å². The minimum absolute atomic E-state index is 0.0399. The van der Waals surface area contributed by atoms with Gasteiger partial charge >= 0.3 is 48.8 Å². The van der Waals surface area contributed by atoms with Gasteiger partial charge < -0.3 is 29.1 Å². The number of carbonyl (C=O) groups excluding carboxylic acids is 3. The predicted molar refractivity (Wildman–Crippen MR) is 310 cm³/mol. The molecule has 500 valence electrons. The van der Waals surface area contributed by atoms with Crippen molar-refractivity contribution >= 4 is 51.7 Å². The number of hydrogen-bond acceptors (Lipinski definition) is 13. The van der Waals surface area contributed by atoms with Gasteiger partial charge in [-0.25, -0.2) is 24.5 Å². The van der Waals surface area contributed by atoms with Crippen molar-refractivity contribution in [1.29, 1.82) is 0 Å². The number of alkyl halides is 12. The Morgan fingerprint density at radius 3 is 1.33 bits per heavy atom. The maximum Gasteiger partial charge on any atom is 0.416 e. The fourth-order valence-corrected chi connectivity index (χ4v) is 13.0. The summed E-state index contributed by atoms with van der Waals surface area (Å²) in [7, 11) is 0. The van der Waals surface area contributed by atoms with Crippen molar-refractivity contribution in [2.75, 3.05) is 42.6 Å². The van der Waals surface area contributed by atoms with Gasteiger partial charge in [-0.1, -0.05) is 6.42 Å². The first-order valence-electron chi connectivity index (χ1n) is 30.5. The number of hydrogen-bond donors (Lipinski definition) is 1. The second-order valence-electron chi connectivity index (χ2n) is 24.1. The molecular weight excluding hydrogens is 1290 g/mol. The van der Waals surface area contributed by atoms with Crippen LogP contribution in [0.25, 0.3) is 0 Å². The molecule has 2 aromatic carbocycles. The SMILES string of the molecule is CCN(CC1CCC(CC(=O)O)CC1)c1ncc(C2CCC2)nc1CN1C(=O)OC(c2cc(C(F)(F)F)cc(C(F)(F)F)c2)[C@@H]1C.CCOC(=O)CC1CCC(CN(CC)c2ncc(Br)nc2CN2C(=O)OC(c3cc(C(F)(F)F)cc(C(F)(F)F)c3)[C@@H]2C)CC1. The van der Waals surface area contributed by atoms with Gasteiger partial charge in [0.2, 0.25) is 0 Å². The summed E-state index contributed by atoms with van der Waals surface area (Å²) in [6.07, 6.45) is -10.9. The summed E-state index contributed by atoms with van der Waals surface area (Å²) in [6.45, 7) is 11.3. The number of cyclic esters (lactones) is 2. The van der Waals surface area contributed by atoms with Gasteiger partial charge in [-0.05, 0) is 186 Å². The summed E-state index contributed by atoms with van der Waals surface area (Å²) in [5.74, 6) is 1.37. The Labute approximate surface area is 526 Å². The number of carboxylic acids is 1. The second kappa shape index (κ2) is 29.1. The normalized spacial score (nSPS) is 23.2. The maximum absolute atomic E-state index is 13.6. The molecule has 2 aliphatic heterocycles. The molecule has 1 N–H and O–H groups in total. The zero-order chi connectivity index (χ0) is 66.5. The minimum atomic E-state index is -5.04. The van der Waals surface area contributed by atoms with Gasteiger partial charge in [0.1, 0.15) is 28.2 Å². The third-order valence-corrected chi connectivity index (χ3v) is 18.3. The van der Waals surface area contributed by atoms with E-state index in [-0.39, 0.29) is 55.4 Å². The molecule has 4 atom stereocenters. The maximum atomic E-state index is 13.6. The molecule has 0 bridgehead atoms. The minimum Gasteiger partial charge on any atom is -0.481 e. The third-order valence-electron chi connectivity index (χ3n) is 17.9. The van der Waals surface area contributed by atoms with E-state index in [4.69, 9.17) is 29.3 Å². The smallest absolute Gasteiger partial charge is 0.416 e. The second-order valence-corrected chi connectivity index (χ2v) is 25.0. The number of nitrogens with zero attached hydrogens (tertiary/aromatic N) is 8. The predicted octanol–water partition coefficient (Wildman–Crippen LogP) is 15.9. The van der Waals surface area contributed by atoms with Crippen LogP contribution in [0.1, 0.15) is 187 Å². The zero-order valence-corrected chi connectivity index (χ0v) is 52.3. The number of halogens is 13. The fourth-order valence-electron chi connectivity index (χ4n) is 12.7. The molecule has 4 heterocycles. The van der Waals surface area contributed by atoms with Gasteiger partial charge in [-0.15, -0.1) is 0 Å². The number of amides is 2. The first-order valence-corrected chi connectivity index (χ1v) is 31.3. The molecule has 3 aliphatic carbocycles. The van der Waals surface area contributed by atoms with Gasteiger partial charge in [-0.2, -0.15) is 52.7 Å². The molecule has 9 rings (SSSR count). The molecule has 29 heteroatoms. The summed E-state index contributed by atoms with van der Waals surface area (Å²) >= 11 is 3.31. The van der Waals surface area contributed by atoms with Crippen molar-refractivity contribution in [3.8, 4) is 0 Å². The van der Waals surface area contributed by atoms with Gasteiger partial charge in [-0.3, -0.25) is 24.4 Å². The van der Waals surface area contributed by atoms with Crippen molar-refractivity contribution in [1.82, 2.24) is 29.7 Å². The fraction of sp³-hybridized carbons (Fsp3) is 0.613. The monoisotopic (exact) mass is 1360 g/mol. The van der Waals surface area contributed by atoms with Gasteiger partial charge in [0.05, 0.1) is 72.1 Å². The topological polar surface area (TPSA) is 181 Å². The molecule has 2 amide bonds. The third kappa shape index (κ3) is 17.7. The highest BCUT2D eigenvalue weighted by atomic mass is 79.9. The van der Waals surface area contributed by atoms with E-state index in [0.717, 1.165) is 76.3 Å². The Morgan fingerprint density at radius 1 is 0.582 bits per heavy atom. The summed E-state index contributed by atoms with van der Waals surface area (Å²) < 4.78 is 179. The van der Waals surface area contributed by atoms with Crippen LogP contribution in [-0.4, -0.2) is 104 Å². The van der Waals surface area contributed by atoms with Crippen LogP contribution in [0, 0.1) is 23.7 Å². The number of ether oxygens (including phenoxy) is 3. The lowest BCUT2D eigenvalue weighted by atomic mass is 9.80.